The minimum atomic E-state index is -4.59. The third-order valence-electron chi connectivity index (χ3n) is 8.40. The lowest BCUT2D eigenvalue weighted by Gasteiger charge is -2.39. The summed E-state index contributed by atoms with van der Waals surface area (Å²) in [4.78, 5) is 31.3. The number of pyridine rings is 1. The van der Waals surface area contributed by atoms with Crippen LogP contribution in [0.4, 0.5) is 22.0 Å². The fourth-order valence-corrected chi connectivity index (χ4v) is 6.59. The SMILES string of the molecule is [2H]c1c([2H])c([2H])c2c(c1[2H])c(=O)c([2H])c(SCc1cccc(F)c1F)n2C([2H])([2H])C(=O)N(C1CCN(CC([2H])([2H])OC)CC1)C([2H])([2H])c1ccc(-c2ccc(C(F)(F)F)cc2)cc1. The lowest BCUT2D eigenvalue weighted by molar-refractivity contribution is -0.137. The molecule has 12 heteroatoms. The number of ether oxygens (including phenoxy) is 1. The maximum atomic E-state index is 15.2. The number of nitrogens with zero attached hydrogens (tertiary/aromatic N) is 3. The first kappa shape index (κ1) is 25.5. The molecule has 0 bridgehead atoms. The largest absolute Gasteiger partial charge is 0.416 e. The van der Waals surface area contributed by atoms with Crippen LogP contribution in [0.1, 0.15) is 44.6 Å². The Kier molecular flexibility index (Phi) is 8.05. The standard InChI is InChI=1S/C40H38F5N3O3S/c1-51-22-21-46-19-17-32(18-20-46)47(24-27-9-11-28(12-10-27)29-13-15-31(16-14-29)40(43,44)45)37(50)25-48-35-8-3-2-6-33(35)36(49)23-38(48)52-26-30-5-4-7-34(41)39(30)42/h2-16,23,32H,17-22,24-26H2,1H3/i2D,3D,6D,8D,22D2,23D,24D2,25D2. The number of fused-ring (bicyclic) bond motifs is 1. The number of carbonyl (C=O) groups excluding carboxylic acids is 1. The number of aromatic nitrogens is 1. The van der Waals surface area contributed by atoms with E-state index in [0.29, 0.717) is 32.4 Å². The summed E-state index contributed by atoms with van der Waals surface area (Å²) in [5.41, 5.74) is -2.86. The van der Waals surface area contributed by atoms with Crippen molar-refractivity contribution >= 4 is 28.6 Å². The molecule has 2 heterocycles. The first-order valence-electron chi connectivity index (χ1n) is 21.4. The third kappa shape index (κ3) is 8.74. The van der Waals surface area contributed by atoms with Crippen LogP contribution >= 0.6 is 11.8 Å². The number of halogens is 5. The Labute approximate surface area is 318 Å². The average molecular weight is 747 g/mol. The van der Waals surface area contributed by atoms with Gasteiger partial charge in [0.15, 0.2) is 17.1 Å². The summed E-state index contributed by atoms with van der Waals surface area (Å²) in [5.74, 6) is -4.76. The predicted octanol–water partition coefficient (Wildman–Crippen LogP) is 8.40. The highest BCUT2D eigenvalue weighted by Crippen LogP contribution is 2.32. The average Bonchev–Trinajstić information content (AvgIpc) is 3.24. The molecule has 1 fully saturated rings. The minimum Gasteiger partial charge on any atom is -0.383 e. The number of hydrogen-bond donors (Lipinski definition) is 0. The van der Waals surface area contributed by atoms with Crippen molar-refractivity contribution < 1.29 is 46.6 Å². The lowest BCUT2D eigenvalue weighted by atomic mass is 10.00. The van der Waals surface area contributed by atoms with Crippen LogP contribution in [0.25, 0.3) is 22.0 Å². The molecule has 1 saturated heterocycles. The molecule has 0 unspecified atom stereocenters. The second-order valence-electron chi connectivity index (χ2n) is 11.7. The number of benzene rings is 4. The van der Waals surface area contributed by atoms with E-state index in [9.17, 15) is 32.2 Å². The fraction of sp³-hybridized carbons (Fsp3) is 0.300. The van der Waals surface area contributed by atoms with Crippen LogP contribution in [0.15, 0.2) is 107 Å². The second kappa shape index (κ2) is 16.4. The van der Waals surface area contributed by atoms with Crippen molar-refractivity contribution in [3.05, 3.63) is 135 Å². The van der Waals surface area contributed by atoms with E-state index in [0.717, 1.165) is 18.2 Å². The molecule has 0 N–H and O–H groups in total. The van der Waals surface area contributed by atoms with Crippen LogP contribution in [0.3, 0.4) is 0 Å². The number of amides is 1. The topological polar surface area (TPSA) is 54.8 Å². The van der Waals surface area contributed by atoms with Crippen molar-refractivity contribution in [2.24, 2.45) is 0 Å². The Balaban J connectivity index is 1.51. The van der Waals surface area contributed by atoms with Gasteiger partial charge >= 0.3 is 6.18 Å². The van der Waals surface area contributed by atoms with Crippen molar-refractivity contribution in [3.8, 4) is 11.1 Å². The van der Waals surface area contributed by atoms with Crippen LogP contribution in [0.5, 0.6) is 0 Å². The van der Waals surface area contributed by atoms with E-state index in [2.05, 4.69) is 0 Å². The first-order chi connectivity index (χ1) is 29.3. The van der Waals surface area contributed by atoms with Gasteiger partial charge in [-0.1, -0.05) is 60.6 Å². The molecule has 1 aliphatic rings. The van der Waals surface area contributed by atoms with Crippen molar-refractivity contribution in [3.63, 3.8) is 0 Å². The van der Waals surface area contributed by atoms with Crippen LogP contribution < -0.4 is 5.43 Å². The van der Waals surface area contributed by atoms with Gasteiger partial charge in [-0.3, -0.25) is 9.59 Å². The smallest absolute Gasteiger partial charge is 0.383 e. The Morgan fingerprint density at radius 1 is 1.00 bits per heavy atom. The predicted molar refractivity (Wildman–Crippen MR) is 193 cm³/mol. The molecule has 0 saturated carbocycles. The number of likely N-dealkylation sites (tertiary alicyclic amines) is 1. The number of hydrogen-bond acceptors (Lipinski definition) is 5. The quantitative estimate of drug-likeness (QED) is 0.0949. The molecular weight excluding hydrogens is 698 g/mol. The molecule has 0 atom stereocenters. The maximum Gasteiger partial charge on any atom is 0.416 e. The highest BCUT2D eigenvalue weighted by Gasteiger charge is 2.31. The van der Waals surface area contributed by atoms with Crippen LogP contribution in [0.2, 0.25) is 0 Å². The molecule has 1 aromatic heterocycles. The van der Waals surface area contributed by atoms with Gasteiger partial charge in [0.1, 0.15) is 6.50 Å². The van der Waals surface area contributed by atoms with E-state index in [4.69, 9.17) is 14.3 Å². The van der Waals surface area contributed by atoms with E-state index < -0.39 is 112 Å². The van der Waals surface area contributed by atoms with Gasteiger partial charge in [0.25, 0.3) is 0 Å². The van der Waals surface area contributed by atoms with E-state index >= 15 is 4.79 Å². The molecule has 0 aliphatic carbocycles. The number of para-hydroxylation sites is 1. The molecule has 5 aromatic rings. The van der Waals surface area contributed by atoms with Crippen LogP contribution in [-0.2, 0) is 34.5 Å². The normalized spacial score (nSPS) is 18.1. The number of thioether (sulfide) groups is 1. The molecular formula is C40H38F5N3O3S. The zero-order valence-corrected chi connectivity index (χ0v) is 28.4. The monoisotopic (exact) mass is 746 g/mol. The van der Waals surface area contributed by atoms with Crippen molar-refractivity contribution in [1.29, 1.82) is 0 Å². The van der Waals surface area contributed by atoms with E-state index in [1.165, 1.54) is 55.6 Å². The van der Waals surface area contributed by atoms with Crippen LogP contribution in [0, 0.1) is 11.6 Å². The first-order valence-corrected chi connectivity index (χ1v) is 16.9. The summed E-state index contributed by atoms with van der Waals surface area (Å²) in [7, 11) is 1.18. The molecule has 0 radical (unpaired) electrons. The summed E-state index contributed by atoms with van der Waals surface area (Å²) in [6.07, 6.45) is -4.70. The van der Waals surface area contributed by atoms with E-state index in [1.54, 1.807) is 4.90 Å². The highest BCUT2D eigenvalue weighted by molar-refractivity contribution is 7.98. The van der Waals surface area contributed by atoms with Gasteiger partial charge in [0.2, 0.25) is 5.91 Å². The second-order valence-corrected chi connectivity index (χ2v) is 12.7. The molecule has 52 heavy (non-hydrogen) atoms. The van der Waals surface area contributed by atoms with E-state index in [1.807, 2.05) is 0 Å². The van der Waals surface area contributed by atoms with Gasteiger partial charge in [0.05, 0.1) is 37.7 Å². The van der Waals surface area contributed by atoms with Gasteiger partial charge in [-0.05, 0) is 59.8 Å². The number of alkyl halides is 3. The summed E-state index contributed by atoms with van der Waals surface area (Å²) >= 11 is 0.403. The number of piperidine rings is 1. The summed E-state index contributed by atoms with van der Waals surface area (Å²) in [6, 6.07) is 6.66. The number of carbonyl (C=O) groups is 1. The van der Waals surface area contributed by atoms with Gasteiger partial charge in [0, 0.05) is 62.0 Å². The molecule has 4 aromatic carbocycles. The third-order valence-corrected chi connectivity index (χ3v) is 9.41. The fourth-order valence-electron chi connectivity index (χ4n) is 5.65. The lowest BCUT2D eigenvalue weighted by Crippen LogP contribution is -2.48. The summed E-state index contributed by atoms with van der Waals surface area (Å²) in [6.45, 7) is -8.69. The maximum absolute atomic E-state index is 15.2. The molecule has 1 aliphatic heterocycles. The summed E-state index contributed by atoms with van der Waals surface area (Å²) < 4.78 is 171. The number of methoxy groups -OCH3 is 1. The van der Waals surface area contributed by atoms with Gasteiger partial charge in [-0.25, -0.2) is 8.78 Å². The minimum absolute atomic E-state index is 0.0561. The molecule has 6 nitrogen and oxygen atoms in total. The van der Waals surface area contributed by atoms with Gasteiger partial charge in [-0.15, -0.1) is 11.8 Å². The van der Waals surface area contributed by atoms with E-state index in [-0.39, 0.29) is 43.6 Å². The number of rotatable bonds is 12. The van der Waals surface area contributed by atoms with Crippen molar-refractivity contribution in [2.45, 2.75) is 48.8 Å². The Hall–Kier alpha value is -4.52. The molecule has 1 amide bonds. The van der Waals surface area contributed by atoms with Gasteiger partial charge < -0.3 is 19.1 Å². The highest BCUT2D eigenvalue weighted by atomic mass is 32.2. The molecule has 6 rings (SSSR count). The van der Waals surface area contributed by atoms with Crippen molar-refractivity contribution in [1.82, 2.24) is 14.4 Å². The Morgan fingerprint density at radius 2 is 1.67 bits per heavy atom. The molecule has 272 valence electrons. The Morgan fingerprint density at radius 3 is 2.35 bits per heavy atom. The summed E-state index contributed by atoms with van der Waals surface area (Å²) in [5, 5.41) is -1.59. The van der Waals surface area contributed by atoms with Crippen LogP contribution in [-0.4, -0.2) is 59.6 Å². The van der Waals surface area contributed by atoms with Crippen molar-refractivity contribution in [2.75, 3.05) is 33.3 Å². The zero-order chi connectivity index (χ0) is 46.6. The van der Waals surface area contributed by atoms with Gasteiger partial charge in [-0.2, -0.15) is 13.2 Å². The Bertz CT molecular complexity index is 2610. The zero-order valence-electron chi connectivity index (χ0n) is 38.5. The molecule has 0 spiro atoms.